The van der Waals surface area contributed by atoms with E-state index in [0.29, 0.717) is 5.82 Å². The van der Waals surface area contributed by atoms with Crippen molar-refractivity contribution in [2.45, 2.75) is 13.8 Å². The summed E-state index contributed by atoms with van der Waals surface area (Å²) in [7, 11) is 0. The molecule has 5 nitrogen and oxygen atoms in total. The molecule has 2 atom stereocenters. The summed E-state index contributed by atoms with van der Waals surface area (Å²) in [5, 5.41) is 2.06. The van der Waals surface area contributed by atoms with Crippen molar-refractivity contribution in [1.29, 1.82) is 0 Å². The molecule has 0 bridgehead atoms. The molecule has 1 aliphatic rings. The van der Waals surface area contributed by atoms with Gasteiger partial charge in [-0.2, -0.15) is 5.01 Å². The molecule has 2 heterocycles. The Morgan fingerprint density at radius 3 is 2.38 bits per heavy atom. The van der Waals surface area contributed by atoms with Gasteiger partial charge in [-0.25, -0.2) is 4.98 Å². The molecule has 0 spiro atoms. The molecule has 1 N–H and O–H groups in total. The van der Waals surface area contributed by atoms with Crippen LogP contribution in [0, 0.1) is 11.8 Å². The molecule has 1 fully saturated rings. The molecule has 2 unspecified atom stereocenters. The number of carbonyl (C=O) groups is 2. The van der Waals surface area contributed by atoms with E-state index in [-0.39, 0.29) is 23.7 Å². The first-order valence-electron chi connectivity index (χ1n) is 6.68. The lowest BCUT2D eigenvalue weighted by molar-refractivity contribution is -0.138. The van der Waals surface area contributed by atoms with E-state index in [1.165, 1.54) is 0 Å². The van der Waals surface area contributed by atoms with Crippen LogP contribution in [0.5, 0.6) is 0 Å². The monoisotopic (exact) mass is 347 g/mol. The molecular formula is C15H14BrN3O2. The second-order valence-electron chi connectivity index (χ2n) is 5.23. The van der Waals surface area contributed by atoms with Gasteiger partial charge in [-0.15, -0.1) is 0 Å². The average molecular weight is 348 g/mol. The Balaban J connectivity index is 1.91. The number of hydrogen-bond acceptors (Lipinski definition) is 4. The molecule has 1 aliphatic heterocycles. The van der Waals surface area contributed by atoms with Crippen molar-refractivity contribution in [1.82, 2.24) is 9.99 Å². The van der Waals surface area contributed by atoms with Crippen LogP contribution in [0.2, 0.25) is 0 Å². The van der Waals surface area contributed by atoms with Crippen molar-refractivity contribution in [2.24, 2.45) is 11.8 Å². The van der Waals surface area contributed by atoms with Crippen LogP contribution in [0.1, 0.15) is 13.8 Å². The number of hydrazine groups is 1. The zero-order valence-corrected chi connectivity index (χ0v) is 13.2. The van der Waals surface area contributed by atoms with Gasteiger partial charge in [0.25, 0.3) is 11.8 Å². The van der Waals surface area contributed by atoms with E-state index >= 15 is 0 Å². The molecule has 3 rings (SSSR count). The van der Waals surface area contributed by atoms with Crippen LogP contribution in [0.25, 0.3) is 10.9 Å². The molecule has 2 amide bonds. The largest absolute Gasteiger partial charge is 0.272 e. The maximum atomic E-state index is 12.1. The molecule has 1 saturated heterocycles. The van der Waals surface area contributed by atoms with Crippen LogP contribution in [-0.2, 0) is 9.59 Å². The Morgan fingerprint density at radius 2 is 1.71 bits per heavy atom. The molecule has 0 aliphatic carbocycles. The fraction of sp³-hybridized carbons (Fsp3) is 0.267. The van der Waals surface area contributed by atoms with Crippen LogP contribution < -0.4 is 5.43 Å². The lowest BCUT2D eigenvalue weighted by Crippen LogP contribution is -2.36. The van der Waals surface area contributed by atoms with Gasteiger partial charge in [-0.3, -0.25) is 15.0 Å². The molecule has 2 aromatic rings. The van der Waals surface area contributed by atoms with Crippen molar-refractivity contribution in [3.05, 3.63) is 34.8 Å². The smallest absolute Gasteiger partial charge is 0.251 e. The first-order chi connectivity index (χ1) is 9.97. The quantitative estimate of drug-likeness (QED) is 0.848. The number of anilines is 1. The van der Waals surface area contributed by atoms with E-state index in [2.05, 4.69) is 26.3 Å². The first-order valence-corrected chi connectivity index (χ1v) is 7.47. The van der Waals surface area contributed by atoms with Gasteiger partial charge >= 0.3 is 0 Å². The number of halogens is 1. The number of nitrogens with zero attached hydrogens (tertiary/aromatic N) is 2. The molecule has 1 aromatic carbocycles. The Bertz CT molecular complexity index is 727. The summed E-state index contributed by atoms with van der Waals surface area (Å²) in [4.78, 5) is 28.5. The Hall–Kier alpha value is -1.95. The van der Waals surface area contributed by atoms with Crippen LogP contribution in [-0.4, -0.2) is 21.8 Å². The van der Waals surface area contributed by atoms with Crippen LogP contribution in [0.4, 0.5) is 5.82 Å². The number of hydrogen-bond donors (Lipinski definition) is 1. The molecule has 0 saturated carbocycles. The number of fused-ring (bicyclic) bond motifs is 1. The highest BCUT2D eigenvalue weighted by atomic mass is 79.9. The van der Waals surface area contributed by atoms with Gasteiger partial charge in [0.2, 0.25) is 0 Å². The van der Waals surface area contributed by atoms with E-state index in [9.17, 15) is 9.59 Å². The van der Waals surface area contributed by atoms with Gasteiger partial charge in [0, 0.05) is 21.7 Å². The Labute approximate surface area is 130 Å². The third-order valence-electron chi connectivity index (χ3n) is 3.85. The fourth-order valence-electron chi connectivity index (χ4n) is 2.32. The van der Waals surface area contributed by atoms with Gasteiger partial charge in [0.15, 0.2) is 0 Å². The standard InChI is InChI=1S/C15H14BrN3O2/c1-8-9(2)15(21)19(14(8)20)18-13-6-4-10-3-5-11(16)7-12(10)17-13/h3-9H,1-2H3,(H,17,18). The summed E-state index contributed by atoms with van der Waals surface area (Å²) in [6.45, 7) is 3.52. The minimum Gasteiger partial charge on any atom is -0.272 e. The molecule has 108 valence electrons. The minimum absolute atomic E-state index is 0.219. The number of rotatable bonds is 2. The summed E-state index contributed by atoms with van der Waals surface area (Å²) in [6, 6.07) is 9.43. The molecule has 21 heavy (non-hydrogen) atoms. The second kappa shape index (κ2) is 5.11. The van der Waals surface area contributed by atoms with Crippen LogP contribution in [0.3, 0.4) is 0 Å². The predicted molar refractivity (Wildman–Crippen MR) is 83.2 cm³/mol. The molecule has 1 aromatic heterocycles. The van der Waals surface area contributed by atoms with E-state index in [1.54, 1.807) is 19.9 Å². The number of carbonyl (C=O) groups excluding carboxylic acids is 2. The van der Waals surface area contributed by atoms with Crippen LogP contribution >= 0.6 is 15.9 Å². The lowest BCUT2D eigenvalue weighted by atomic mass is 10.00. The highest BCUT2D eigenvalue weighted by Gasteiger charge is 2.42. The Kier molecular flexibility index (Phi) is 3.41. The van der Waals surface area contributed by atoms with Gasteiger partial charge in [-0.1, -0.05) is 35.8 Å². The second-order valence-corrected chi connectivity index (χ2v) is 6.15. The van der Waals surface area contributed by atoms with Gasteiger partial charge in [0.05, 0.1) is 5.52 Å². The predicted octanol–water partition coefficient (Wildman–Crippen LogP) is 2.97. The van der Waals surface area contributed by atoms with Gasteiger partial charge < -0.3 is 0 Å². The first kappa shape index (κ1) is 14.0. The van der Waals surface area contributed by atoms with E-state index in [1.807, 2.05) is 24.3 Å². The summed E-state index contributed by atoms with van der Waals surface area (Å²) in [6.07, 6.45) is 0. The topological polar surface area (TPSA) is 62.3 Å². The van der Waals surface area contributed by atoms with Gasteiger partial charge in [0.1, 0.15) is 5.82 Å². The SMILES string of the molecule is CC1C(=O)N(Nc2ccc3ccc(Br)cc3n2)C(=O)C1C. The lowest BCUT2D eigenvalue weighted by Gasteiger charge is -2.16. The number of pyridine rings is 1. The van der Waals surface area contributed by atoms with Crippen molar-refractivity contribution in [3.8, 4) is 0 Å². The summed E-state index contributed by atoms with van der Waals surface area (Å²) in [5.41, 5.74) is 3.61. The number of aromatic nitrogens is 1. The minimum atomic E-state index is -0.306. The van der Waals surface area contributed by atoms with Crippen molar-refractivity contribution in [3.63, 3.8) is 0 Å². The van der Waals surface area contributed by atoms with Crippen molar-refractivity contribution < 1.29 is 9.59 Å². The van der Waals surface area contributed by atoms with Gasteiger partial charge in [-0.05, 0) is 24.3 Å². The highest BCUT2D eigenvalue weighted by Crippen LogP contribution is 2.26. The number of nitrogens with one attached hydrogen (secondary N) is 1. The van der Waals surface area contributed by atoms with E-state index in [4.69, 9.17) is 0 Å². The maximum absolute atomic E-state index is 12.1. The van der Waals surface area contributed by atoms with Crippen LogP contribution in [0.15, 0.2) is 34.8 Å². The van der Waals surface area contributed by atoms with Crippen molar-refractivity contribution >= 4 is 44.5 Å². The normalized spacial score (nSPS) is 22.1. The summed E-state index contributed by atoms with van der Waals surface area (Å²) in [5.74, 6) is -0.574. The third kappa shape index (κ3) is 2.40. The third-order valence-corrected chi connectivity index (χ3v) is 4.34. The Morgan fingerprint density at radius 1 is 1.10 bits per heavy atom. The number of benzene rings is 1. The molecule has 0 radical (unpaired) electrons. The molecular weight excluding hydrogens is 334 g/mol. The van der Waals surface area contributed by atoms with E-state index < -0.39 is 0 Å². The number of imide groups is 1. The zero-order chi connectivity index (χ0) is 15.1. The van der Waals surface area contributed by atoms with E-state index in [0.717, 1.165) is 20.4 Å². The average Bonchev–Trinajstić information content (AvgIpc) is 2.65. The molecule has 6 heteroatoms. The highest BCUT2D eigenvalue weighted by molar-refractivity contribution is 9.10. The summed E-state index contributed by atoms with van der Waals surface area (Å²) >= 11 is 3.40. The zero-order valence-electron chi connectivity index (χ0n) is 11.6. The summed E-state index contributed by atoms with van der Waals surface area (Å²) < 4.78 is 0.926. The van der Waals surface area contributed by atoms with Crippen molar-refractivity contribution in [2.75, 3.05) is 5.43 Å². The number of amides is 2. The fourth-order valence-corrected chi connectivity index (χ4v) is 2.67. The maximum Gasteiger partial charge on any atom is 0.251 e.